The van der Waals surface area contributed by atoms with Crippen LogP contribution in [-0.2, 0) is 6.42 Å². The highest BCUT2D eigenvalue weighted by Crippen LogP contribution is 2.42. The van der Waals surface area contributed by atoms with Crippen LogP contribution in [0.1, 0.15) is 53.3 Å². The third-order valence-electron chi connectivity index (χ3n) is 4.48. The van der Waals surface area contributed by atoms with E-state index in [0.29, 0.717) is 12.0 Å². The second kappa shape index (κ2) is 6.51. The van der Waals surface area contributed by atoms with Gasteiger partial charge in [-0.05, 0) is 66.9 Å². The molecule has 1 aromatic carbocycles. The van der Waals surface area contributed by atoms with Crippen molar-refractivity contribution in [3.8, 4) is 0 Å². The fourth-order valence-electron chi connectivity index (χ4n) is 3.38. The van der Waals surface area contributed by atoms with Crippen molar-refractivity contribution in [1.82, 2.24) is 5.32 Å². The zero-order chi connectivity index (χ0) is 14.8. The summed E-state index contributed by atoms with van der Waals surface area (Å²) in [7, 11) is 0. The van der Waals surface area contributed by atoms with Gasteiger partial charge in [0.25, 0.3) is 0 Å². The zero-order valence-electron chi connectivity index (χ0n) is 12.7. The Morgan fingerprint density at radius 1 is 1.38 bits per heavy atom. The van der Waals surface area contributed by atoms with Crippen LogP contribution in [-0.4, -0.2) is 6.54 Å². The van der Waals surface area contributed by atoms with E-state index in [1.807, 2.05) is 11.3 Å². The lowest BCUT2D eigenvalue weighted by Gasteiger charge is -2.32. The topological polar surface area (TPSA) is 12.0 Å². The largest absolute Gasteiger partial charge is 0.310 e. The Labute approximate surface area is 136 Å². The molecule has 0 aliphatic heterocycles. The van der Waals surface area contributed by atoms with Gasteiger partial charge in [-0.25, -0.2) is 0 Å². The maximum atomic E-state index is 6.35. The molecule has 1 nitrogen and oxygen atoms in total. The van der Waals surface area contributed by atoms with Crippen LogP contribution in [0.25, 0.3) is 0 Å². The van der Waals surface area contributed by atoms with E-state index in [4.69, 9.17) is 11.6 Å². The van der Waals surface area contributed by atoms with Crippen molar-refractivity contribution in [1.29, 1.82) is 0 Å². The number of hydrogen-bond acceptors (Lipinski definition) is 2. The van der Waals surface area contributed by atoms with Gasteiger partial charge >= 0.3 is 0 Å². The van der Waals surface area contributed by atoms with Gasteiger partial charge in [-0.15, -0.1) is 11.3 Å². The molecule has 0 saturated carbocycles. The summed E-state index contributed by atoms with van der Waals surface area (Å²) in [6, 6.07) is 9.20. The van der Waals surface area contributed by atoms with Gasteiger partial charge in [-0.2, -0.15) is 0 Å². The SMILES string of the molecule is CCNC(c1ccc(C)c(Cl)c1)C1CCCc2sccc21. The summed E-state index contributed by atoms with van der Waals surface area (Å²) in [5, 5.41) is 6.81. The van der Waals surface area contributed by atoms with E-state index >= 15 is 0 Å². The summed E-state index contributed by atoms with van der Waals surface area (Å²) in [5.74, 6) is 0.568. The number of aryl methyl sites for hydroxylation is 2. The molecule has 2 unspecified atom stereocenters. The molecule has 3 heteroatoms. The summed E-state index contributed by atoms with van der Waals surface area (Å²) in [4.78, 5) is 1.58. The molecule has 0 fully saturated rings. The van der Waals surface area contributed by atoms with Gasteiger partial charge in [0.05, 0.1) is 0 Å². The maximum Gasteiger partial charge on any atom is 0.0438 e. The molecule has 1 aliphatic carbocycles. The molecule has 1 N–H and O–H groups in total. The number of rotatable bonds is 4. The first kappa shape index (κ1) is 15.1. The second-order valence-corrected chi connectivity index (χ2v) is 7.25. The van der Waals surface area contributed by atoms with Crippen LogP contribution in [0.2, 0.25) is 5.02 Å². The van der Waals surface area contributed by atoms with Crippen LogP contribution in [0.15, 0.2) is 29.6 Å². The highest BCUT2D eigenvalue weighted by molar-refractivity contribution is 7.10. The molecule has 1 aromatic heterocycles. The Bertz CT molecular complexity index is 619. The normalized spacial score (nSPS) is 19.3. The van der Waals surface area contributed by atoms with Crippen molar-refractivity contribution in [2.45, 2.75) is 45.1 Å². The molecule has 1 aliphatic rings. The number of nitrogens with one attached hydrogen (secondary N) is 1. The Hall–Kier alpha value is -0.830. The number of thiophene rings is 1. The van der Waals surface area contributed by atoms with Gasteiger partial charge in [0.15, 0.2) is 0 Å². The van der Waals surface area contributed by atoms with Crippen LogP contribution in [0.4, 0.5) is 0 Å². The third kappa shape index (κ3) is 3.03. The van der Waals surface area contributed by atoms with Crippen LogP contribution < -0.4 is 5.32 Å². The van der Waals surface area contributed by atoms with E-state index in [-0.39, 0.29) is 0 Å². The first-order valence-corrected chi connectivity index (χ1v) is 9.02. The molecule has 21 heavy (non-hydrogen) atoms. The molecule has 0 saturated heterocycles. The van der Waals surface area contributed by atoms with E-state index in [0.717, 1.165) is 17.1 Å². The van der Waals surface area contributed by atoms with Gasteiger partial charge < -0.3 is 5.32 Å². The summed E-state index contributed by atoms with van der Waals surface area (Å²) in [6.07, 6.45) is 3.80. The van der Waals surface area contributed by atoms with E-state index in [1.54, 1.807) is 10.4 Å². The van der Waals surface area contributed by atoms with Crippen LogP contribution in [0.3, 0.4) is 0 Å². The minimum absolute atomic E-state index is 0.363. The molecule has 112 valence electrons. The molecule has 1 heterocycles. The van der Waals surface area contributed by atoms with Crippen molar-refractivity contribution in [3.05, 3.63) is 56.2 Å². The molecule has 0 spiro atoms. The minimum Gasteiger partial charge on any atom is -0.310 e. The Morgan fingerprint density at radius 2 is 2.24 bits per heavy atom. The van der Waals surface area contributed by atoms with E-state index < -0.39 is 0 Å². The maximum absolute atomic E-state index is 6.35. The first-order chi connectivity index (χ1) is 10.2. The smallest absolute Gasteiger partial charge is 0.0438 e. The van der Waals surface area contributed by atoms with Gasteiger partial charge in [0.1, 0.15) is 0 Å². The lowest BCUT2D eigenvalue weighted by molar-refractivity contribution is 0.411. The van der Waals surface area contributed by atoms with Gasteiger partial charge in [0, 0.05) is 21.9 Å². The average molecular weight is 320 g/mol. The van der Waals surface area contributed by atoms with Crippen LogP contribution in [0.5, 0.6) is 0 Å². The predicted molar refractivity (Wildman–Crippen MR) is 92.6 cm³/mol. The minimum atomic E-state index is 0.363. The zero-order valence-corrected chi connectivity index (χ0v) is 14.2. The number of likely N-dealkylation sites (N-methyl/N-ethyl adjacent to an activating group) is 1. The van der Waals surface area contributed by atoms with E-state index in [2.05, 4.69) is 48.8 Å². The summed E-state index contributed by atoms with van der Waals surface area (Å²) >= 11 is 8.26. The Kier molecular flexibility index (Phi) is 4.68. The molecule has 3 rings (SSSR count). The van der Waals surface area contributed by atoms with Crippen LogP contribution in [0, 0.1) is 6.92 Å². The molecule has 0 radical (unpaired) electrons. The number of halogens is 1. The molecule has 0 bridgehead atoms. The monoisotopic (exact) mass is 319 g/mol. The second-order valence-electron chi connectivity index (χ2n) is 5.84. The lowest BCUT2D eigenvalue weighted by Crippen LogP contribution is -2.28. The van der Waals surface area contributed by atoms with Crippen molar-refractivity contribution >= 4 is 22.9 Å². The Morgan fingerprint density at radius 3 is 3.00 bits per heavy atom. The number of fused-ring (bicyclic) bond motifs is 1. The van der Waals surface area contributed by atoms with Crippen molar-refractivity contribution in [2.24, 2.45) is 0 Å². The lowest BCUT2D eigenvalue weighted by atomic mass is 9.79. The van der Waals surface area contributed by atoms with Crippen LogP contribution >= 0.6 is 22.9 Å². The molecular formula is C18H22ClNS. The quantitative estimate of drug-likeness (QED) is 0.786. The number of benzene rings is 1. The molecule has 0 amide bonds. The standard InChI is InChI=1S/C18H22ClNS/c1-3-20-18(13-8-7-12(2)16(19)11-13)15-5-4-6-17-14(15)9-10-21-17/h7-11,15,18,20H,3-6H2,1-2H3. The van der Waals surface area contributed by atoms with Gasteiger partial charge in [-0.1, -0.05) is 30.7 Å². The van der Waals surface area contributed by atoms with E-state index in [9.17, 15) is 0 Å². The summed E-state index contributed by atoms with van der Waals surface area (Å²) in [5.41, 5.74) is 4.01. The first-order valence-electron chi connectivity index (χ1n) is 7.76. The van der Waals surface area contributed by atoms with Crippen molar-refractivity contribution in [3.63, 3.8) is 0 Å². The number of hydrogen-bond donors (Lipinski definition) is 1. The van der Waals surface area contributed by atoms with Crippen molar-refractivity contribution < 1.29 is 0 Å². The van der Waals surface area contributed by atoms with Gasteiger partial charge in [0.2, 0.25) is 0 Å². The molecule has 2 atom stereocenters. The summed E-state index contributed by atoms with van der Waals surface area (Å²) in [6.45, 7) is 5.22. The summed E-state index contributed by atoms with van der Waals surface area (Å²) < 4.78 is 0. The van der Waals surface area contributed by atoms with Gasteiger partial charge in [-0.3, -0.25) is 0 Å². The highest BCUT2D eigenvalue weighted by Gasteiger charge is 2.29. The average Bonchev–Trinajstić information content (AvgIpc) is 2.96. The predicted octanol–water partition coefficient (Wildman–Crippen LogP) is 5.48. The molecular weight excluding hydrogens is 298 g/mol. The highest BCUT2D eigenvalue weighted by atomic mass is 35.5. The fraction of sp³-hybridized carbons (Fsp3) is 0.444. The molecule has 2 aromatic rings. The van der Waals surface area contributed by atoms with E-state index in [1.165, 1.54) is 24.8 Å². The third-order valence-corrected chi connectivity index (χ3v) is 5.88. The van der Waals surface area contributed by atoms with Crippen molar-refractivity contribution in [2.75, 3.05) is 6.54 Å². The Balaban J connectivity index is 1.97. The fourth-order valence-corrected chi connectivity index (χ4v) is 4.57.